The third kappa shape index (κ3) is 3.82. The van der Waals surface area contributed by atoms with Crippen LogP contribution in [0.25, 0.3) is 16.6 Å². The van der Waals surface area contributed by atoms with Crippen LogP contribution in [-0.2, 0) is 12.8 Å². The van der Waals surface area contributed by atoms with Crippen LogP contribution in [-0.4, -0.2) is 27.8 Å². The van der Waals surface area contributed by atoms with Crippen molar-refractivity contribution in [2.75, 3.05) is 12.4 Å². The topological polar surface area (TPSA) is 69.0 Å². The number of benzene rings is 2. The quantitative estimate of drug-likeness (QED) is 0.469. The number of ether oxygens (including phenoxy) is 1. The fraction of sp³-hybridized carbons (Fsp3) is 0.240. The molecule has 0 bridgehead atoms. The van der Waals surface area contributed by atoms with E-state index in [-0.39, 0.29) is 11.4 Å². The molecule has 0 saturated heterocycles. The minimum Gasteiger partial charge on any atom is -0.497 e. The summed E-state index contributed by atoms with van der Waals surface area (Å²) in [4.78, 5) is 18.0. The van der Waals surface area contributed by atoms with Crippen LogP contribution in [0.5, 0.6) is 5.75 Å². The molecule has 1 aliphatic rings. The third-order valence-corrected chi connectivity index (χ3v) is 5.97. The number of carbonyl (C=O) groups excluding carboxylic acids is 1. The first-order chi connectivity index (χ1) is 15.9. The predicted molar refractivity (Wildman–Crippen MR) is 121 cm³/mol. The van der Waals surface area contributed by atoms with Gasteiger partial charge in [-0.3, -0.25) is 9.78 Å². The van der Waals surface area contributed by atoms with Gasteiger partial charge in [-0.2, -0.15) is 5.10 Å². The number of carbonyl (C=O) groups is 1. The molecular weight excluding hydrogens is 426 g/mol. The third-order valence-electron chi connectivity index (χ3n) is 5.97. The number of methoxy groups -OCH3 is 1. The number of amides is 1. The smallest absolute Gasteiger partial charge is 0.276 e. The summed E-state index contributed by atoms with van der Waals surface area (Å²) in [6, 6.07) is 10.4. The molecule has 1 N–H and O–H groups in total. The first kappa shape index (κ1) is 21.1. The van der Waals surface area contributed by atoms with Gasteiger partial charge in [-0.25, -0.2) is 13.5 Å². The number of pyridine rings is 1. The zero-order valence-corrected chi connectivity index (χ0v) is 18.3. The maximum absolute atomic E-state index is 14.3. The Hall–Kier alpha value is -3.81. The number of aryl methyl sites for hydroxylation is 2. The summed E-state index contributed by atoms with van der Waals surface area (Å²) in [6.45, 7) is 1.71. The number of nitrogens with one attached hydrogen (secondary N) is 1. The first-order valence-electron chi connectivity index (χ1n) is 10.8. The van der Waals surface area contributed by atoms with Crippen molar-refractivity contribution >= 4 is 22.5 Å². The Morgan fingerprint density at radius 1 is 1.09 bits per heavy atom. The number of halogens is 2. The summed E-state index contributed by atoms with van der Waals surface area (Å²) in [5, 5.41) is 8.12. The fourth-order valence-corrected chi connectivity index (χ4v) is 4.33. The van der Waals surface area contributed by atoms with Gasteiger partial charge in [0.2, 0.25) is 0 Å². The Morgan fingerprint density at radius 3 is 2.70 bits per heavy atom. The summed E-state index contributed by atoms with van der Waals surface area (Å²) in [7, 11) is 1.59. The van der Waals surface area contributed by atoms with Crippen molar-refractivity contribution in [2.24, 2.45) is 0 Å². The minimum atomic E-state index is -0.755. The number of hydrogen-bond donors (Lipinski definition) is 1. The van der Waals surface area contributed by atoms with Crippen molar-refractivity contribution in [3.05, 3.63) is 76.7 Å². The highest BCUT2D eigenvalue weighted by molar-refractivity contribution is 6.09. The molecular formula is C25H22F2N4O2. The molecule has 0 unspecified atom stereocenters. The van der Waals surface area contributed by atoms with Crippen molar-refractivity contribution in [1.29, 1.82) is 0 Å². The van der Waals surface area contributed by atoms with Crippen LogP contribution < -0.4 is 10.1 Å². The number of anilines is 1. The standard InChI is InChI=1S/C25H22F2N4O2/c1-14-11-22(30-31(14)23-10-7-15(26)12-19(23)27)25(32)29-24-17-5-3-4-6-20(17)28-21-9-8-16(33-2)13-18(21)24/h7-13H,3-6H2,1-2H3,(H,28,29,32). The van der Waals surface area contributed by atoms with Crippen molar-refractivity contribution in [1.82, 2.24) is 14.8 Å². The molecule has 4 aromatic rings. The van der Waals surface area contributed by atoms with Gasteiger partial charge in [0.05, 0.1) is 18.3 Å². The van der Waals surface area contributed by atoms with E-state index in [1.807, 2.05) is 18.2 Å². The van der Waals surface area contributed by atoms with E-state index in [2.05, 4.69) is 10.4 Å². The van der Waals surface area contributed by atoms with E-state index in [0.29, 0.717) is 17.1 Å². The Kier molecular flexibility index (Phi) is 5.28. The minimum absolute atomic E-state index is 0.0735. The lowest BCUT2D eigenvalue weighted by molar-refractivity contribution is 0.102. The molecule has 0 saturated carbocycles. The lowest BCUT2D eigenvalue weighted by Gasteiger charge is -2.21. The molecule has 0 aliphatic heterocycles. The van der Waals surface area contributed by atoms with Gasteiger partial charge >= 0.3 is 0 Å². The Labute approximate surface area is 189 Å². The van der Waals surface area contributed by atoms with Crippen LogP contribution in [0.2, 0.25) is 0 Å². The average Bonchev–Trinajstić information content (AvgIpc) is 3.20. The van der Waals surface area contributed by atoms with Crippen LogP contribution in [0, 0.1) is 18.6 Å². The van der Waals surface area contributed by atoms with Crippen LogP contribution in [0.1, 0.15) is 40.3 Å². The van der Waals surface area contributed by atoms with Crippen molar-refractivity contribution < 1.29 is 18.3 Å². The van der Waals surface area contributed by atoms with Crippen molar-refractivity contribution in [3.8, 4) is 11.4 Å². The Bertz CT molecular complexity index is 1400. The molecule has 0 atom stereocenters. The van der Waals surface area contributed by atoms with E-state index in [4.69, 9.17) is 9.72 Å². The number of aromatic nitrogens is 3. The zero-order chi connectivity index (χ0) is 23.1. The van der Waals surface area contributed by atoms with Gasteiger partial charge in [0, 0.05) is 22.8 Å². The molecule has 33 heavy (non-hydrogen) atoms. The number of nitrogens with zero attached hydrogens (tertiary/aromatic N) is 3. The highest BCUT2D eigenvalue weighted by atomic mass is 19.1. The summed E-state index contributed by atoms with van der Waals surface area (Å²) >= 11 is 0. The highest BCUT2D eigenvalue weighted by Crippen LogP contribution is 2.35. The van der Waals surface area contributed by atoms with Gasteiger partial charge < -0.3 is 10.1 Å². The second-order valence-corrected chi connectivity index (χ2v) is 8.13. The normalized spacial score (nSPS) is 13.1. The summed E-state index contributed by atoms with van der Waals surface area (Å²) < 4.78 is 34.3. The Balaban J connectivity index is 1.56. The Morgan fingerprint density at radius 2 is 1.91 bits per heavy atom. The van der Waals surface area contributed by atoms with Crippen molar-refractivity contribution in [3.63, 3.8) is 0 Å². The van der Waals surface area contributed by atoms with Crippen LogP contribution >= 0.6 is 0 Å². The second-order valence-electron chi connectivity index (χ2n) is 8.13. The number of fused-ring (bicyclic) bond motifs is 2. The van der Waals surface area contributed by atoms with Crippen LogP contribution in [0.15, 0.2) is 42.5 Å². The maximum Gasteiger partial charge on any atom is 0.276 e. The van der Waals surface area contributed by atoms with Gasteiger partial charge in [-0.05, 0) is 74.6 Å². The molecule has 1 amide bonds. The largest absolute Gasteiger partial charge is 0.497 e. The zero-order valence-electron chi connectivity index (χ0n) is 18.3. The van der Waals surface area contributed by atoms with Crippen LogP contribution in [0.4, 0.5) is 14.5 Å². The van der Waals surface area contributed by atoms with Gasteiger partial charge in [0.25, 0.3) is 5.91 Å². The molecule has 5 rings (SSSR count). The molecule has 2 aromatic heterocycles. The molecule has 2 heterocycles. The predicted octanol–water partition coefficient (Wildman–Crippen LogP) is 5.15. The summed E-state index contributed by atoms with van der Waals surface area (Å²) in [5.41, 5.74) is 4.26. The van der Waals surface area contributed by atoms with E-state index >= 15 is 0 Å². The van der Waals surface area contributed by atoms with Crippen molar-refractivity contribution in [2.45, 2.75) is 32.6 Å². The van der Waals surface area contributed by atoms with E-state index in [1.54, 1.807) is 20.1 Å². The van der Waals surface area contributed by atoms with Gasteiger partial charge in [-0.1, -0.05) is 0 Å². The SMILES string of the molecule is COc1ccc2nc3c(c(NC(=O)c4cc(C)n(-c5ccc(F)cc5F)n4)c2c1)CCCC3. The molecule has 2 aromatic carbocycles. The van der Waals surface area contributed by atoms with E-state index in [1.165, 1.54) is 10.7 Å². The van der Waals surface area contributed by atoms with Gasteiger partial charge in [0.1, 0.15) is 17.3 Å². The van der Waals surface area contributed by atoms with Crippen LogP contribution in [0.3, 0.4) is 0 Å². The lowest BCUT2D eigenvalue weighted by Crippen LogP contribution is -2.18. The number of rotatable bonds is 4. The average molecular weight is 448 g/mol. The van der Waals surface area contributed by atoms with Gasteiger partial charge in [-0.15, -0.1) is 0 Å². The maximum atomic E-state index is 14.3. The number of hydrogen-bond acceptors (Lipinski definition) is 4. The molecule has 6 nitrogen and oxygen atoms in total. The molecule has 168 valence electrons. The molecule has 8 heteroatoms. The molecule has 1 aliphatic carbocycles. The molecule has 0 radical (unpaired) electrons. The van der Waals surface area contributed by atoms with E-state index in [9.17, 15) is 13.6 Å². The lowest BCUT2D eigenvalue weighted by atomic mass is 9.92. The first-order valence-corrected chi connectivity index (χ1v) is 10.8. The summed E-state index contributed by atoms with van der Waals surface area (Å²) in [5.74, 6) is -1.18. The summed E-state index contributed by atoms with van der Waals surface area (Å²) in [6.07, 6.45) is 3.75. The molecule has 0 spiro atoms. The highest BCUT2D eigenvalue weighted by Gasteiger charge is 2.22. The second kappa shape index (κ2) is 8.27. The monoisotopic (exact) mass is 448 g/mol. The van der Waals surface area contributed by atoms with E-state index in [0.717, 1.165) is 60.0 Å². The van der Waals surface area contributed by atoms with Gasteiger partial charge in [0.15, 0.2) is 11.5 Å². The molecule has 0 fully saturated rings. The fourth-order valence-electron chi connectivity index (χ4n) is 4.33. The van der Waals surface area contributed by atoms with E-state index < -0.39 is 17.5 Å².